The van der Waals surface area contributed by atoms with E-state index in [-0.39, 0.29) is 5.43 Å². The van der Waals surface area contributed by atoms with E-state index in [2.05, 4.69) is 0 Å². The van der Waals surface area contributed by atoms with Crippen LogP contribution in [0, 0.1) is 20.8 Å². The molecule has 2 heteroatoms. The highest BCUT2D eigenvalue weighted by Gasteiger charge is 2.04. The normalized spacial score (nSPS) is 9.85. The Balaban J connectivity index is 3.64. The molecule has 0 unspecified atom stereocenters. The molecule has 1 aromatic carbocycles. The molecule has 1 aromatic rings. The predicted octanol–water partition coefficient (Wildman–Crippen LogP) is 1.98. The second kappa shape index (κ2) is 3.60. The van der Waals surface area contributed by atoms with Gasteiger partial charge in [-0.05, 0) is 26.3 Å². The molecule has 0 bridgehead atoms. The van der Waals surface area contributed by atoms with Gasteiger partial charge in [0.2, 0.25) is 5.43 Å². The van der Waals surface area contributed by atoms with Gasteiger partial charge in [0, 0.05) is 5.56 Å². The van der Waals surface area contributed by atoms with Crippen molar-refractivity contribution in [1.82, 2.24) is 0 Å². The summed E-state index contributed by atoms with van der Waals surface area (Å²) in [6.07, 6.45) is 0. The molecule has 1 rings (SSSR count). The predicted molar refractivity (Wildman–Crippen MR) is 53.5 cm³/mol. The van der Waals surface area contributed by atoms with Gasteiger partial charge in [0.1, 0.15) is 0 Å². The molecular formula is C11H14O2. The van der Waals surface area contributed by atoms with Crippen molar-refractivity contribution in [3.63, 3.8) is 0 Å². The standard InChI is InChI=1S/C11H14O2/c1-7-5-8(2)10(12)11(13-4)9(3)6-7/h5-6H,1-4H3. The van der Waals surface area contributed by atoms with Crippen LogP contribution in [-0.4, -0.2) is 7.11 Å². The molecule has 0 saturated heterocycles. The molecule has 0 radical (unpaired) electrons. The van der Waals surface area contributed by atoms with E-state index >= 15 is 0 Å². The molecular weight excluding hydrogens is 164 g/mol. The van der Waals surface area contributed by atoms with Crippen LogP contribution in [0.25, 0.3) is 0 Å². The van der Waals surface area contributed by atoms with Gasteiger partial charge >= 0.3 is 0 Å². The molecule has 0 aromatic heterocycles. The largest absolute Gasteiger partial charge is 0.492 e. The molecule has 0 atom stereocenters. The summed E-state index contributed by atoms with van der Waals surface area (Å²) in [5.41, 5.74) is 2.67. The zero-order valence-electron chi connectivity index (χ0n) is 8.47. The molecule has 0 amide bonds. The van der Waals surface area contributed by atoms with Crippen LogP contribution < -0.4 is 10.2 Å². The third-order valence-electron chi connectivity index (χ3n) is 2.02. The van der Waals surface area contributed by atoms with Gasteiger partial charge in [0.05, 0.1) is 7.11 Å². The Labute approximate surface area is 78.2 Å². The van der Waals surface area contributed by atoms with Gasteiger partial charge in [-0.3, -0.25) is 4.79 Å². The van der Waals surface area contributed by atoms with Crippen molar-refractivity contribution in [3.8, 4) is 5.75 Å². The lowest BCUT2D eigenvalue weighted by Gasteiger charge is -1.97. The Bertz CT molecular complexity index is 381. The van der Waals surface area contributed by atoms with Crippen LogP contribution in [0.15, 0.2) is 16.9 Å². The van der Waals surface area contributed by atoms with Crippen LogP contribution in [0.2, 0.25) is 0 Å². The van der Waals surface area contributed by atoms with Crippen molar-refractivity contribution in [2.24, 2.45) is 0 Å². The van der Waals surface area contributed by atoms with Crippen molar-refractivity contribution in [3.05, 3.63) is 39.0 Å². The van der Waals surface area contributed by atoms with Gasteiger partial charge < -0.3 is 4.74 Å². The molecule has 0 aliphatic heterocycles. The fourth-order valence-corrected chi connectivity index (χ4v) is 1.47. The zero-order chi connectivity index (χ0) is 10.0. The van der Waals surface area contributed by atoms with Crippen LogP contribution >= 0.6 is 0 Å². The zero-order valence-corrected chi connectivity index (χ0v) is 8.47. The minimum atomic E-state index is -0.0203. The van der Waals surface area contributed by atoms with E-state index in [0.717, 1.165) is 16.7 Å². The molecule has 0 aliphatic rings. The fraction of sp³-hybridized carbons (Fsp3) is 0.364. The highest BCUT2D eigenvalue weighted by Crippen LogP contribution is 2.12. The first-order chi connectivity index (χ1) is 6.06. The highest BCUT2D eigenvalue weighted by molar-refractivity contribution is 5.37. The quantitative estimate of drug-likeness (QED) is 0.657. The molecule has 13 heavy (non-hydrogen) atoms. The number of methoxy groups -OCH3 is 1. The molecule has 0 saturated carbocycles. The smallest absolute Gasteiger partial charge is 0.223 e. The van der Waals surface area contributed by atoms with Crippen LogP contribution in [0.1, 0.15) is 16.7 Å². The van der Waals surface area contributed by atoms with E-state index in [4.69, 9.17) is 4.74 Å². The van der Waals surface area contributed by atoms with Crippen molar-refractivity contribution in [1.29, 1.82) is 0 Å². The van der Waals surface area contributed by atoms with Crippen LogP contribution in [0.4, 0.5) is 0 Å². The summed E-state index contributed by atoms with van der Waals surface area (Å²) in [6.45, 7) is 5.66. The number of hydrogen-bond donors (Lipinski definition) is 0. The number of ether oxygens (including phenoxy) is 1. The summed E-state index contributed by atoms with van der Waals surface area (Å²) in [5, 5.41) is 0. The Morgan fingerprint density at radius 1 is 1.08 bits per heavy atom. The lowest BCUT2D eigenvalue weighted by atomic mass is 10.2. The van der Waals surface area contributed by atoms with Gasteiger partial charge in [-0.15, -0.1) is 0 Å². The van der Waals surface area contributed by atoms with Crippen LogP contribution in [-0.2, 0) is 0 Å². The highest BCUT2D eigenvalue weighted by atomic mass is 16.5. The Morgan fingerprint density at radius 3 is 2.15 bits per heavy atom. The summed E-state index contributed by atoms with van der Waals surface area (Å²) in [6, 6.07) is 3.82. The molecule has 70 valence electrons. The second-order valence-corrected chi connectivity index (χ2v) is 3.26. The van der Waals surface area contributed by atoms with E-state index in [1.807, 2.05) is 26.0 Å². The molecule has 0 fully saturated rings. The average Bonchev–Trinajstić information content (AvgIpc) is 2.11. The summed E-state index contributed by atoms with van der Waals surface area (Å²) < 4.78 is 5.06. The lowest BCUT2D eigenvalue weighted by molar-refractivity contribution is 0.408. The molecule has 0 heterocycles. The van der Waals surface area contributed by atoms with E-state index in [0.29, 0.717) is 5.75 Å². The number of aryl methyl sites for hydroxylation is 3. The van der Waals surface area contributed by atoms with Crippen molar-refractivity contribution in [2.75, 3.05) is 7.11 Å². The monoisotopic (exact) mass is 178 g/mol. The van der Waals surface area contributed by atoms with Gasteiger partial charge in [-0.1, -0.05) is 17.7 Å². The summed E-state index contributed by atoms with van der Waals surface area (Å²) in [7, 11) is 1.53. The second-order valence-electron chi connectivity index (χ2n) is 3.26. The number of hydrogen-bond acceptors (Lipinski definition) is 2. The van der Waals surface area contributed by atoms with Crippen molar-refractivity contribution >= 4 is 0 Å². The van der Waals surface area contributed by atoms with E-state index in [1.54, 1.807) is 6.92 Å². The maximum absolute atomic E-state index is 11.6. The summed E-state index contributed by atoms with van der Waals surface area (Å²) in [5.74, 6) is 0.450. The van der Waals surface area contributed by atoms with E-state index in [1.165, 1.54) is 7.11 Å². The summed E-state index contributed by atoms with van der Waals surface area (Å²) in [4.78, 5) is 11.6. The van der Waals surface area contributed by atoms with Crippen molar-refractivity contribution < 1.29 is 4.74 Å². The van der Waals surface area contributed by atoms with Gasteiger partial charge in [0.25, 0.3) is 0 Å². The Morgan fingerprint density at radius 2 is 1.62 bits per heavy atom. The molecule has 0 N–H and O–H groups in total. The maximum Gasteiger partial charge on any atom is 0.223 e. The minimum Gasteiger partial charge on any atom is -0.492 e. The SMILES string of the molecule is COc1c(C)cc(C)cc(C)c1=O. The average molecular weight is 178 g/mol. The third kappa shape index (κ3) is 1.89. The number of rotatable bonds is 1. The first-order valence-corrected chi connectivity index (χ1v) is 4.22. The summed E-state index contributed by atoms with van der Waals surface area (Å²) >= 11 is 0. The van der Waals surface area contributed by atoms with Gasteiger partial charge in [-0.2, -0.15) is 0 Å². The maximum atomic E-state index is 11.6. The molecule has 2 nitrogen and oxygen atoms in total. The van der Waals surface area contributed by atoms with Crippen LogP contribution in [0.5, 0.6) is 5.75 Å². The molecule has 0 aliphatic carbocycles. The fourth-order valence-electron chi connectivity index (χ4n) is 1.47. The van der Waals surface area contributed by atoms with Gasteiger partial charge in [0.15, 0.2) is 5.75 Å². The lowest BCUT2D eigenvalue weighted by Crippen LogP contribution is -2.06. The van der Waals surface area contributed by atoms with Crippen LogP contribution in [0.3, 0.4) is 0 Å². The van der Waals surface area contributed by atoms with Crippen molar-refractivity contribution in [2.45, 2.75) is 20.8 Å². The Hall–Kier alpha value is -1.31. The Kier molecular flexibility index (Phi) is 2.71. The third-order valence-corrected chi connectivity index (χ3v) is 2.02. The first-order valence-electron chi connectivity index (χ1n) is 4.22. The molecule has 0 spiro atoms. The van der Waals surface area contributed by atoms with E-state index in [9.17, 15) is 4.79 Å². The minimum absolute atomic E-state index is 0.0203. The topological polar surface area (TPSA) is 26.3 Å². The van der Waals surface area contributed by atoms with E-state index < -0.39 is 0 Å². The van der Waals surface area contributed by atoms with Gasteiger partial charge in [-0.25, -0.2) is 0 Å². The first kappa shape index (κ1) is 9.78.